The van der Waals surface area contributed by atoms with E-state index >= 15 is 0 Å². The molecule has 1 rings (SSSR count). The van der Waals surface area contributed by atoms with E-state index in [2.05, 4.69) is 9.72 Å². The Kier molecular flexibility index (Phi) is 4.71. The van der Waals surface area contributed by atoms with E-state index in [0.29, 0.717) is 0 Å². The lowest BCUT2D eigenvalue weighted by atomic mass is 10.2. The SMILES string of the molecule is O=C(O)Cc1ncc(CF)c(I)c1OC(F)(F)F. The van der Waals surface area contributed by atoms with E-state index in [9.17, 15) is 22.4 Å². The van der Waals surface area contributed by atoms with Gasteiger partial charge in [0.25, 0.3) is 0 Å². The molecular weight excluding hydrogens is 373 g/mol. The van der Waals surface area contributed by atoms with Crippen LogP contribution in [-0.2, 0) is 17.9 Å². The van der Waals surface area contributed by atoms with Gasteiger partial charge < -0.3 is 9.84 Å². The summed E-state index contributed by atoms with van der Waals surface area (Å²) in [5, 5.41) is 8.55. The summed E-state index contributed by atoms with van der Waals surface area (Å²) in [7, 11) is 0. The third-order valence-electron chi connectivity index (χ3n) is 1.80. The van der Waals surface area contributed by atoms with E-state index in [1.54, 1.807) is 0 Å². The fourth-order valence-corrected chi connectivity index (χ4v) is 1.83. The molecule has 0 aliphatic carbocycles. The number of nitrogens with zero attached hydrogens (tertiary/aromatic N) is 1. The summed E-state index contributed by atoms with van der Waals surface area (Å²) in [6.07, 6.45) is -4.75. The van der Waals surface area contributed by atoms with Crippen LogP contribution >= 0.6 is 22.6 Å². The summed E-state index contributed by atoms with van der Waals surface area (Å²) >= 11 is 1.46. The van der Waals surface area contributed by atoms with E-state index in [4.69, 9.17) is 5.11 Å². The highest BCUT2D eigenvalue weighted by atomic mass is 127. The van der Waals surface area contributed by atoms with Crippen molar-refractivity contribution in [2.75, 3.05) is 0 Å². The van der Waals surface area contributed by atoms with Crippen LogP contribution in [0.3, 0.4) is 0 Å². The minimum atomic E-state index is -5.00. The first-order chi connectivity index (χ1) is 8.24. The van der Waals surface area contributed by atoms with Crippen molar-refractivity contribution in [1.82, 2.24) is 4.98 Å². The second-order valence-corrected chi connectivity index (χ2v) is 4.20. The van der Waals surface area contributed by atoms with Crippen LogP contribution in [0.4, 0.5) is 17.6 Å². The minimum Gasteiger partial charge on any atom is -0.481 e. The number of rotatable bonds is 4. The van der Waals surface area contributed by atoms with Crippen molar-refractivity contribution in [2.24, 2.45) is 0 Å². The zero-order valence-electron chi connectivity index (χ0n) is 8.59. The Bertz CT molecular complexity index is 464. The molecule has 1 aromatic heterocycles. The van der Waals surface area contributed by atoms with E-state index in [0.717, 1.165) is 6.20 Å². The van der Waals surface area contributed by atoms with Gasteiger partial charge in [-0.05, 0) is 22.6 Å². The normalized spacial score (nSPS) is 11.4. The minimum absolute atomic E-state index is 0.0935. The Labute approximate surface area is 112 Å². The smallest absolute Gasteiger partial charge is 0.481 e. The molecule has 0 saturated heterocycles. The van der Waals surface area contributed by atoms with E-state index in [-0.39, 0.29) is 9.13 Å². The lowest BCUT2D eigenvalue weighted by Gasteiger charge is -2.14. The van der Waals surface area contributed by atoms with Crippen molar-refractivity contribution in [3.05, 3.63) is 21.0 Å². The molecule has 100 valence electrons. The summed E-state index contributed by atoms with van der Waals surface area (Å²) in [4.78, 5) is 14.0. The Morgan fingerprint density at radius 2 is 2.11 bits per heavy atom. The molecule has 0 unspecified atom stereocenters. The fraction of sp³-hybridized carbons (Fsp3) is 0.333. The van der Waals surface area contributed by atoms with Crippen LogP contribution in [0.2, 0.25) is 0 Å². The average Bonchev–Trinajstić information content (AvgIpc) is 2.21. The molecule has 9 heteroatoms. The van der Waals surface area contributed by atoms with Gasteiger partial charge in [-0.15, -0.1) is 13.2 Å². The Balaban J connectivity index is 3.26. The summed E-state index contributed by atoms with van der Waals surface area (Å²) in [5.41, 5.74) is -0.495. The molecule has 0 aliphatic rings. The number of hydrogen-bond acceptors (Lipinski definition) is 3. The summed E-state index contributed by atoms with van der Waals surface area (Å²) < 4.78 is 52.6. The van der Waals surface area contributed by atoms with Crippen molar-refractivity contribution in [3.8, 4) is 5.75 Å². The number of aromatic nitrogens is 1. The quantitative estimate of drug-likeness (QED) is 0.646. The van der Waals surface area contributed by atoms with Crippen molar-refractivity contribution in [1.29, 1.82) is 0 Å². The number of carbonyl (C=O) groups is 1. The molecule has 0 saturated carbocycles. The van der Waals surface area contributed by atoms with Crippen LogP contribution in [0.1, 0.15) is 11.3 Å². The lowest BCUT2D eigenvalue weighted by Crippen LogP contribution is -2.20. The highest BCUT2D eigenvalue weighted by Gasteiger charge is 2.34. The van der Waals surface area contributed by atoms with Gasteiger partial charge in [-0.3, -0.25) is 9.78 Å². The molecule has 0 radical (unpaired) electrons. The summed E-state index contributed by atoms with van der Waals surface area (Å²) in [6.45, 7) is -1.02. The number of aliphatic carboxylic acids is 1. The van der Waals surface area contributed by atoms with Crippen molar-refractivity contribution in [3.63, 3.8) is 0 Å². The third kappa shape index (κ3) is 3.96. The van der Waals surface area contributed by atoms with Crippen molar-refractivity contribution < 1.29 is 32.2 Å². The van der Waals surface area contributed by atoms with Gasteiger partial charge in [-0.25, -0.2) is 4.39 Å². The molecule has 0 fully saturated rings. The molecule has 0 aliphatic heterocycles. The predicted molar refractivity (Wildman–Crippen MR) is 59.8 cm³/mol. The number of ether oxygens (including phenoxy) is 1. The Hall–Kier alpha value is -1.13. The second kappa shape index (κ2) is 5.67. The first-order valence-corrected chi connectivity index (χ1v) is 5.52. The summed E-state index contributed by atoms with van der Waals surface area (Å²) in [5.74, 6) is -2.13. The van der Waals surface area contributed by atoms with Gasteiger partial charge in [0.05, 0.1) is 15.7 Å². The molecule has 1 aromatic rings. The van der Waals surface area contributed by atoms with E-state index in [1.165, 1.54) is 22.6 Å². The first kappa shape index (κ1) is 14.9. The highest BCUT2D eigenvalue weighted by Crippen LogP contribution is 2.32. The number of carboxylic acids is 1. The maximum atomic E-state index is 12.5. The topological polar surface area (TPSA) is 59.4 Å². The van der Waals surface area contributed by atoms with Gasteiger partial charge in [-0.1, -0.05) is 0 Å². The predicted octanol–water partition coefficient (Wildman–Crippen LogP) is 2.68. The number of carboxylic acid groups (broad SMARTS) is 1. The zero-order valence-corrected chi connectivity index (χ0v) is 10.7. The van der Waals surface area contributed by atoms with Gasteiger partial charge in [0.1, 0.15) is 6.67 Å². The molecule has 0 atom stereocenters. The molecule has 18 heavy (non-hydrogen) atoms. The van der Waals surface area contributed by atoms with Crippen LogP contribution in [-0.4, -0.2) is 22.4 Å². The van der Waals surface area contributed by atoms with Crippen LogP contribution in [0, 0.1) is 3.57 Å². The average molecular weight is 379 g/mol. The molecule has 0 amide bonds. The molecule has 1 heterocycles. The molecular formula is C9H6F4INO3. The van der Waals surface area contributed by atoms with Gasteiger partial charge >= 0.3 is 12.3 Å². The molecule has 4 nitrogen and oxygen atoms in total. The number of halogens is 5. The van der Waals surface area contributed by atoms with Crippen LogP contribution in [0.5, 0.6) is 5.75 Å². The Morgan fingerprint density at radius 1 is 1.50 bits per heavy atom. The number of alkyl halides is 4. The number of hydrogen-bond donors (Lipinski definition) is 1. The van der Waals surface area contributed by atoms with Crippen molar-refractivity contribution >= 4 is 28.6 Å². The molecule has 0 bridgehead atoms. The van der Waals surface area contributed by atoms with Crippen LogP contribution in [0.25, 0.3) is 0 Å². The summed E-state index contributed by atoms with van der Waals surface area (Å²) in [6, 6.07) is 0. The highest BCUT2D eigenvalue weighted by molar-refractivity contribution is 14.1. The largest absolute Gasteiger partial charge is 0.573 e. The third-order valence-corrected chi connectivity index (χ3v) is 2.98. The maximum Gasteiger partial charge on any atom is 0.573 e. The van der Waals surface area contributed by atoms with E-state index < -0.39 is 36.9 Å². The first-order valence-electron chi connectivity index (χ1n) is 4.44. The molecule has 0 aromatic carbocycles. The fourth-order valence-electron chi connectivity index (χ4n) is 1.13. The van der Waals surface area contributed by atoms with Gasteiger partial charge in [0.2, 0.25) is 0 Å². The van der Waals surface area contributed by atoms with Gasteiger partial charge in [-0.2, -0.15) is 0 Å². The van der Waals surface area contributed by atoms with Crippen molar-refractivity contribution in [2.45, 2.75) is 19.5 Å². The van der Waals surface area contributed by atoms with Gasteiger partial charge in [0.15, 0.2) is 5.75 Å². The standard InChI is InChI=1S/C9H6F4INO3/c10-2-4-3-15-5(1-6(16)17)8(7(4)14)18-9(11,12)13/h3H,1-2H2,(H,16,17). The lowest BCUT2D eigenvalue weighted by molar-refractivity contribution is -0.275. The maximum absolute atomic E-state index is 12.5. The number of pyridine rings is 1. The second-order valence-electron chi connectivity index (χ2n) is 3.13. The molecule has 1 N–H and O–H groups in total. The van der Waals surface area contributed by atoms with Gasteiger partial charge in [0, 0.05) is 11.8 Å². The molecule has 0 spiro atoms. The monoisotopic (exact) mass is 379 g/mol. The Morgan fingerprint density at radius 3 is 2.56 bits per heavy atom. The zero-order chi connectivity index (χ0) is 13.9. The van der Waals surface area contributed by atoms with E-state index in [1.807, 2.05) is 0 Å². The van der Waals surface area contributed by atoms with Crippen LogP contribution < -0.4 is 4.74 Å². The van der Waals surface area contributed by atoms with Crippen LogP contribution in [0.15, 0.2) is 6.20 Å².